The second-order valence-corrected chi connectivity index (χ2v) is 4.87. The molecule has 0 amide bonds. The highest BCUT2D eigenvalue weighted by Crippen LogP contribution is 2.44. The first-order chi connectivity index (χ1) is 9.70. The summed E-state index contributed by atoms with van der Waals surface area (Å²) in [5, 5.41) is 12.7. The maximum atomic E-state index is 10.8. The maximum Gasteiger partial charge on any atom is 0.374 e. The standard InChI is InChI=1S/C13H11NO5S/c1-20-12-7(8-6-10(13(15)16)19-14-8)2-3-9-11(12)18-5-4-17-9/h2-3,6H,4-5H2,1H3,(H,15,16). The fraction of sp³-hybridized carbons (Fsp3) is 0.231. The summed E-state index contributed by atoms with van der Waals surface area (Å²) in [6.45, 7) is 1.01. The van der Waals surface area contributed by atoms with Crippen molar-refractivity contribution in [2.75, 3.05) is 19.5 Å². The van der Waals surface area contributed by atoms with Crippen molar-refractivity contribution in [1.29, 1.82) is 0 Å². The van der Waals surface area contributed by atoms with Crippen molar-refractivity contribution in [3.63, 3.8) is 0 Å². The summed E-state index contributed by atoms with van der Waals surface area (Å²) >= 11 is 1.49. The van der Waals surface area contributed by atoms with Gasteiger partial charge in [-0.25, -0.2) is 4.79 Å². The van der Waals surface area contributed by atoms with Crippen LogP contribution in [-0.2, 0) is 0 Å². The number of carbonyl (C=O) groups is 1. The Balaban J connectivity index is 2.10. The number of ether oxygens (including phenoxy) is 2. The van der Waals surface area contributed by atoms with Crippen LogP contribution in [0.2, 0.25) is 0 Å². The number of nitrogens with zero attached hydrogens (tertiary/aromatic N) is 1. The van der Waals surface area contributed by atoms with Gasteiger partial charge in [0.25, 0.3) is 0 Å². The molecule has 0 atom stereocenters. The lowest BCUT2D eigenvalue weighted by molar-refractivity contribution is 0.0652. The van der Waals surface area contributed by atoms with Crippen LogP contribution in [0.25, 0.3) is 11.3 Å². The minimum absolute atomic E-state index is 0.193. The van der Waals surface area contributed by atoms with E-state index < -0.39 is 5.97 Å². The highest BCUT2D eigenvalue weighted by Gasteiger charge is 2.22. The molecule has 104 valence electrons. The van der Waals surface area contributed by atoms with Crippen LogP contribution in [-0.4, -0.2) is 35.7 Å². The lowest BCUT2D eigenvalue weighted by Gasteiger charge is -2.21. The first-order valence-corrected chi connectivity index (χ1v) is 7.10. The van der Waals surface area contributed by atoms with Gasteiger partial charge in [0.1, 0.15) is 18.9 Å². The summed E-state index contributed by atoms with van der Waals surface area (Å²) in [6.07, 6.45) is 1.91. The Labute approximate surface area is 118 Å². The third-order valence-electron chi connectivity index (χ3n) is 2.86. The first-order valence-electron chi connectivity index (χ1n) is 5.87. The van der Waals surface area contributed by atoms with Crippen molar-refractivity contribution in [3.05, 3.63) is 24.0 Å². The summed E-state index contributed by atoms with van der Waals surface area (Å²) in [5.41, 5.74) is 1.22. The molecule has 0 unspecified atom stereocenters. The van der Waals surface area contributed by atoms with Gasteiger partial charge in [-0.15, -0.1) is 11.8 Å². The van der Waals surface area contributed by atoms with Gasteiger partial charge < -0.3 is 19.1 Å². The van der Waals surface area contributed by atoms with Gasteiger partial charge in [0, 0.05) is 11.6 Å². The minimum atomic E-state index is -1.15. The number of aromatic carboxylic acids is 1. The minimum Gasteiger partial charge on any atom is -0.486 e. The summed E-state index contributed by atoms with van der Waals surface area (Å²) in [7, 11) is 0. The molecule has 0 saturated heterocycles. The summed E-state index contributed by atoms with van der Waals surface area (Å²) in [5.74, 6) is 0.0152. The van der Waals surface area contributed by atoms with Crippen molar-refractivity contribution < 1.29 is 23.9 Å². The molecule has 1 aromatic heterocycles. The van der Waals surface area contributed by atoms with E-state index >= 15 is 0 Å². The normalized spacial score (nSPS) is 13.2. The van der Waals surface area contributed by atoms with E-state index in [9.17, 15) is 4.79 Å². The molecule has 7 heteroatoms. The smallest absolute Gasteiger partial charge is 0.374 e. The first kappa shape index (κ1) is 12.9. The number of hydrogen-bond acceptors (Lipinski definition) is 6. The molecule has 1 N–H and O–H groups in total. The van der Waals surface area contributed by atoms with Crippen LogP contribution in [0, 0.1) is 0 Å². The number of thioether (sulfide) groups is 1. The Morgan fingerprint density at radius 1 is 1.35 bits per heavy atom. The molecule has 20 heavy (non-hydrogen) atoms. The molecule has 0 fully saturated rings. The quantitative estimate of drug-likeness (QED) is 0.871. The van der Waals surface area contributed by atoms with Crippen molar-refractivity contribution in [3.8, 4) is 22.8 Å². The van der Waals surface area contributed by atoms with Gasteiger partial charge in [-0.3, -0.25) is 0 Å². The van der Waals surface area contributed by atoms with E-state index in [-0.39, 0.29) is 5.76 Å². The Morgan fingerprint density at radius 3 is 2.85 bits per heavy atom. The van der Waals surface area contributed by atoms with Gasteiger partial charge in [0.2, 0.25) is 5.76 Å². The second kappa shape index (κ2) is 5.09. The predicted molar refractivity (Wildman–Crippen MR) is 71.7 cm³/mol. The van der Waals surface area contributed by atoms with Crippen molar-refractivity contribution in [2.24, 2.45) is 0 Å². The van der Waals surface area contributed by atoms with Crippen molar-refractivity contribution in [1.82, 2.24) is 5.16 Å². The highest BCUT2D eigenvalue weighted by molar-refractivity contribution is 7.98. The molecule has 1 aliphatic heterocycles. The third-order valence-corrected chi connectivity index (χ3v) is 3.68. The molecule has 1 aliphatic rings. The average Bonchev–Trinajstić information content (AvgIpc) is 2.95. The Morgan fingerprint density at radius 2 is 2.15 bits per heavy atom. The molecule has 0 aliphatic carbocycles. The average molecular weight is 293 g/mol. The van der Waals surface area contributed by atoms with E-state index in [2.05, 4.69) is 5.16 Å². The van der Waals surface area contributed by atoms with Crippen LogP contribution in [0.4, 0.5) is 0 Å². The Kier molecular flexibility index (Phi) is 3.27. The van der Waals surface area contributed by atoms with E-state index in [0.29, 0.717) is 30.4 Å². The molecule has 6 nitrogen and oxygen atoms in total. The predicted octanol–water partition coefficient (Wildman–Crippen LogP) is 2.53. The van der Waals surface area contributed by atoms with E-state index in [0.717, 1.165) is 10.5 Å². The van der Waals surface area contributed by atoms with Crippen molar-refractivity contribution >= 4 is 17.7 Å². The zero-order valence-corrected chi connectivity index (χ0v) is 11.4. The molecular formula is C13H11NO5S. The Hall–Kier alpha value is -2.15. The van der Waals surface area contributed by atoms with Gasteiger partial charge >= 0.3 is 5.97 Å². The zero-order chi connectivity index (χ0) is 14.1. The molecule has 0 radical (unpaired) electrons. The van der Waals surface area contributed by atoms with E-state index in [4.69, 9.17) is 19.1 Å². The number of benzene rings is 1. The van der Waals surface area contributed by atoms with Gasteiger partial charge in [0.05, 0.1) is 4.90 Å². The lowest BCUT2D eigenvalue weighted by atomic mass is 10.1. The molecule has 0 spiro atoms. The van der Waals surface area contributed by atoms with E-state index in [1.807, 2.05) is 12.3 Å². The highest BCUT2D eigenvalue weighted by atomic mass is 32.2. The molecular weight excluding hydrogens is 282 g/mol. The second-order valence-electron chi connectivity index (χ2n) is 4.05. The Bertz CT molecular complexity index is 667. The number of fused-ring (bicyclic) bond motifs is 1. The third kappa shape index (κ3) is 2.09. The summed E-state index contributed by atoms with van der Waals surface area (Å²) in [6, 6.07) is 5.01. The van der Waals surface area contributed by atoms with Crippen molar-refractivity contribution in [2.45, 2.75) is 4.90 Å². The number of aromatic nitrogens is 1. The van der Waals surface area contributed by atoms with E-state index in [1.165, 1.54) is 17.8 Å². The number of carboxylic acid groups (broad SMARTS) is 1. The summed E-state index contributed by atoms with van der Waals surface area (Å²) in [4.78, 5) is 11.7. The topological polar surface area (TPSA) is 81.8 Å². The molecule has 0 saturated carbocycles. The lowest BCUT2D eigenvalue weighted by Crippen LogP contribution is -2.16. The fourth-order valence-corrected chi connectivity index (χ4v) is 2.74. The fourth-order valence-electron chi connectivity index (χ4n) is 2.00. The van der Waals surface area contributed by atoms with Gasteiger partial charge in [-0.1, -0.05) is 5.16 Å². The zero-order valence-electron chi connectivity index (χ0n) is 10.6. The number of carboxylic acids is 1. The molecule has 3 rings (SSSR count). The van der Waals surface area contributed by atoms with Gasteiger partial charge in [-0.05, 0) is 18.4 Å². The van der Waals surface area contributed by atoms with Crippen LogP contribution in [0.1, 0.15) is 10.6 Å². The monoisotopic (exact) mass is 293 g/mol. The van der Waals surface area contributed by atoms with Crippen LogP contribution in [0.5, 0.6) is 11.5 Å². The van der Waals surface area contributed by atoms with Crippen LogP contribution in [0.3, 0.4) is 0 Å². The van der Waals surface area contributed by atoms with Gasteiger partial charge in [0.15, 0.2) is 11.5 Å². The number of hydrogen-bond donors (Lipinski definition) is 1. The van der Waals surface area contributed by atoms with Gasteiger partial charge in [-0.2, -0.15) is 0 Å². The molecule has 2 aromatic rings. The number of rotatable bonds is 3. The molecule has 0 bridgehead atoms. The SMILES string of the molecule is CSc1c(-c2cc(C(=O)O)on2)ccc2c1OCCO2. The van der Waals surface area contributed by atoms with Crippen LogP contribution < -0.4 is 9.47 Å². The largest absolute Gasteiger partial charge is 0.486 e. The van der Waals surface area contributed by atoms with Crippen LogP contribution >= 0.6 is 11.8 Å². The maximum absolute atomic E-state index is 10.8. The summed E-state index contributed by atoms with van der Waals surface area (Å²) < 4.78 is 16.0. The molecule has 1 aromatic carbocycles. The van der Waals surface area contributed by atoms with E-state index in [1.54, 1.807) is 6.07 Å². The molecule has 2 heterocycles. The van der Waals surface area contributed by atoms with Crippen LogP contribution in [0.15, 0.2) is 27.6 Å².